The van der Waals surface area contributed by atoms with Gasteiger partial charge in [-0.2, -0.15) is 11.8 Å². The number of carbonyl (C=O) groups is 4. The van der Waals surface area contributed by atoms with Crippen molar-refractivity contribution in [1.29, 1.82) is 0 Å². The number of thioether (sulfide) groups is 1. The smallest absolute Gasteiger partial charge is 0.339 e. The van der Waals surface area contributed by atoms with Crippen LogP contribution in [-0.4, -0.2) is 143 Å². The van der Waals surface area contributed by atoms with E-state index in [2.05, 4.69) is 0 Å². The average Bonchev–Trinajstić information content (AvgIpc) is 3.13. The van der Waals surface area contributed by atoms with Gasteiger partial charge in [-0.25, -0.2) is 9.59 Å². The molecule has 19 nitrogen and oxygen atoms in total. The maximum Gasteiger partial charge on any atom is 0.339 e. The Labute approximate surface area is 309 Å². The van der Waals surface area contributed by atoms with Crippen LogP contribution in [0.3, 0.4) is 0 Å². The first-order chi connectivity index (χ1) is 25.6. The highest BCUT2D eigenvalue weighted by Gasteiger charge is 2.53. The van der Waals surface area contributed by atoms with E-state index in [1.165, 1.54) is 18.7 Å². The number of benzene rings is 2. The fourth-order valence-electron chi connectivity index (χ4n) is 6.72. The van der Waals surface area contributed by atoms with E-state index in [1.807, 2.05) is 0 Å². The van der Waals surface area contributed by atoms with Crippen LogP contribution >= 0.6 is 11.8 Å². The van der Waals surface area contributed by atoms with Crippen molar-refractivity contribution >= 4 is 35.6 Å². The summed E-state index contributed by atoms with van der Waals surface area (Å²) in [7, 11) is 0. The minimum absolute atomic E-state index is 0.0424. The Balaban J connectivity index is 0.944. The Morgan fingerprint density at radius 2 is 1.15 bits per heavy atom. The Kier molecular flexibility index (Phi) is 11.5. The van der Waals surface area contributed by atoms with Crippen LogP contribution in [0.5, 0.6) is 23.0 Å². The van der Waals surface area contributed by atoms with Gasteiger partial charge >= 0.3 is 23.9 Å². The summed E-state index contributed by atoms with van der Waals surface area (Å²) in [4.78, 5) is 49.9. The summed E-state index contributed by atoms with van der Waals surface area (Å²) in [5.74, 6) is -4.99. The molecule has 54 heavy (non-hydrogen) atoms. The first kappa shape index (κ1) is 39.3. The highest BCUT2D eigenvalue weighted by Crippen LogP contribution is 2.48. The number of hydrogen-bond donors (Lipinski definition) is 9. The number of aliphatic hydroxyl groups is 5. The van der Waals surface area contributed by atoms with Crippen LogP contribution in [-0.2, 0) is 44.6 Å². The monoisotopic (exact) mass is 782 g/mol. The molecule has 2 saturated heterocycles. The lowest BCUT2D eigenvalue weighted by atomic mass is 9.85. The second kappa shape index (κ2) is 15.7. The van der Waals surface area contributed by atoms with Crippen LogP contribution in [0.15, 0.2) is 12.1 Å². The molecule has 0 bridgehead atoms. The molecule has 4 aliphatic heterocycles. The summed E-state index contributed by atoms with van der Waals surface area (Å²) in [5.41, 5.74) is -0.924. The van der Waals surface area contributed by atoms with Crippen molar-refractivity contribution in [2.75, 3.05) is 24.7 Å². The normalized spacial score (nSPS) is 29.8. The van der Waals surface area contributed by atoms with Crippen molar-refractivity contribution in [3.63, 3.8) is 0 Å². The van der Waals surface area contributed by atoms with E-state index in [1.54, 1.807) is 0 Å². The zero-order valence-corrected chi connectivity index (χ0v) is 29.2. The predicted molar refractivity (Wildman–Crippen MR) is 176 cm³/mol. The summed E-state index contributed by atoms with van der Waals surface area (Å²) in [6, 6.07) is 2.07. The zero-order chi connectivity index (χ0) is 39.2. The van der Waals surface area contributed by atoms with Gasteiger partial charge in [-0.15, -0.1) is 0 Å². The molecule has 0 aliphatic carbocycles. The van der Waals surface area contributed by atoms with Gasteiger partial charge in [-0.1, -0.05) is 0 Å². The molecule has 0 aromatic heterocycles. The van der Waals surface area contributed by atoms with Crippen molar-refractivity contribution in [2.45, 2.75) is 87.4 Å². The molecule has 6 rings (SSSR count). The summed E-state index contributed by atoms with van der Waals surface area (Å²) >= 11 is 1.20. The Bertz CT molecular complexity index is 1820. The molecule has 9 N–H and O–H groups in total. The first-order valence-electron chi connectivity index (χ1n) is 16.7. The number of aromatic hydroxyl groups is 4. The fourth-order valence-corrected chi connectivity index (χ4v) is 7.55. The summed E-state index contributed by atoms with van der Waals surface area (Å²) in [6.07, 6.45) is -14.9. The fraction of sp³-hybridized carbons (Fsp3) is 0.529. The quantitative estimate of drug-likeness (QED) is 0.0751. The predicted octanol–water partition coefficient (Wildman–Crippen LogP) is -0.989. The maximum atomic E-state index is 12.5. The average molecular weight is 783 g/mol. The molecule has 10 atom stereocenters. The van der Waals surface area contributed by atoms with Crippen LogP contribution in [0.2, 0.25) is 0 Å². The molecule has 294 valence electrons. The van der Waals surface area contributed by atoms with Crippen LogP contribution < -0.4 is 0 Å². The third-order valence-electron chi connectivity index (χ3n) is 9.73. The minimum atomic E-state index is -1.71. The van der Waals surface area contributed by atoms with Crippen LogP contribution in [0, 0.1) is 6.92 Å². The molecule has 0 radical (unpaired) electrons. The molecule has 20 heteroatoms. The molecule has 10 unspecified atom stereocenters. The molecule has 0 spiro atoms. The first-order valence-corrected chi connectivity index (χ1v) is 17.9. The minimum Gasteiger partial charge on any atom is -0.508 e. The number of aliphatic hydroxyl groups excluding tert-OH is 5. The Morgan fingerprint density at radius 3 is 1.61 bits per heavy atom. The van der Waals surface area contributed by atoms with Gasteiger partial charge in [-0.3, -0.25) is 9.59 Å². The molecule has 2 fully saturated rings. The lowest BCUT2D eigenvalue weighted by molar-refractivity contribution is -0.237. The maximum absolute atomic E-state index is 12.5. The van der Waals surface area contributed by atoms with E-state index >= 15 is 0 Å². The van der Waals surface area contributed by atoms with Crippen LogP contribution in [0.1, 0.15) is 68.0 Å². The van der Waals surface area contributed by atoms with E-state index in [-0.39, 0.29) is 63.5 Å². The third-order valence-corrected chi connectivity index (χ3v) is 10.7. The molecule has 4 aliphatic rings. The van der Waals surface area contributed by atoms with Crippen molar-refractivity contribution in [1.82, 2.24) is 0 Å². The van der Waals surface area contributed by atoms with Gasteiger partial charge in [0.25, 0.3) is 0 Å². The Hall–Kier alpha value is -4.41. The van der Waals surface area contributed by atoms with Gasteiger partial charge in [0.2, 0.25) is 0 Å². The van der Waals surface area contributed by atoms with Gasteiger partial charge in [-0.05, 0) is 19.1 Å². The van der Waals surface area contributed by atoms with E-state index in [9.17, 15) is 65.1 Å². The van der Waals surface area contributed by atoms with Crippen molar-refractivity contribution in [3.8, 4) is 23.0 Å². The van der Waals surface area contributed by atoms with Gasteiger partial charge in [0.1, 0.15) is 85.0 Å². The van der Waals surface area contributed by atoms with Crippen molar-refractivity contribution < 1.29 is 93.6 Å². The topological polar surface area (TPSA) is 306 Å². The van der Waals surface area contributed by atoms with E-state index in [0.717, 1.165) is 12.1 Å². The number of fused-ring (bicyclic) bond motifs is 6. The molecule has 4 heterocycles. The standard InChI is InChI=1S/C34H38O19S/c1-11-15(36)6-12-21(23(11)40)29-31(52-33(12)46)27(44)25(42)17(50-29)9-48-19(38)2-4-54-5-3-20(39)49-10-18-26(43)28(45)32-30(51-18)22-13(34(47)53-32)7-16(37)14(8-35)24(22)41/h6-7,17-18,25-32,35-37,40-45H,2-5,8-10H2,1H3. The number of phenols is 4. The van der Waals surface area contributed by atoms with Gasteiger partial charge < -0.3 is 74.4 Å². The van der Waals surface area contributed by atoms with E-state index in [0.29, 0.717) is 0 Å². The summed E-state index contributed by atoms with van der Waals surface area (Å²) in [6.45, 7) is -0.414. The summed E-state index contributed by atoms with van der Waals surface area (Å²) < 4.78 is 32.5. The van der Waals surface area contributed by atoms with Gasteiger partial charge in [0, 0.05) is 28.2 Å². The SMILES string of the molecule is Cc1c(O)cc2c(c1O)C1OC(COC(=O)CCSCCC(=O)OCC3OC4c5c(cc(O)c(CO)c5O)C(=O)OC4C(O)C3O)C(O)C(O)C1OC2=O. The van der Waals surface area contributed by atoms with Crippen LogP contribution in [0.25, 0.3) is 0 Å². The number of ether oxygens (including phenoxy) is 6. The molecular weight excluding hydrogens is 744 g/mol. The lowest BCUT2D eigenvalue weighted by Gasteiger charge is -2.44. The van der Waals surface area contributed by atoms with Gasteiger partial charge in [0.15, 0.2) is 12.2 Å². The number of carbonyl (C=O) groups excluding carboxylic acids is 4. The van der Waals surface area contributed by atoms with Gasteiger partial charge in [0.05, 0.1) is 36.1 Å². The highest BCUT2D eigenvalue weighted by molar-refractivity contribution is 7.99. The molecule has 2 aromatic rings. The Morgan fingerprint density at radius 1 is 0.704 bits per heavy atom. The van der Waals surface area contributed by atoms with E-state index in [4.69, 9.17) is 28.4 Å². The number of esters is 4. The second-order valence-electron chi connectivity index (χ2n) is 13.0. The van der Waals surface area contributed by atoms with Crippen LogP contribution in [0.4, 0.5) is 0 Å². The molecular formula is C34H38O19S. The number of phenolic OH excluding ortho intramolecular Hbond substituents is 2. The van der Waals surface area contributed by atoms with Crippen molar-refractivity contribution in [2.24, 2.45) is 0 Å². The molecule has 0 amide bonds. The zero-order valence-electron chi connectivity index (χ0n) is 28.4. The third kappa shape index (κ3) is 7.22. The van der Waals surface area contributed by atoms with E-state index < -0.39 is 122 Å². The second-order valence-corrected chi connectivity index (χ2v) is 14.3. The summed E-state index contributed by atoms with van der Waals surface area (Å²) in [5, 5.41) is 93.6. The highest BCUT2D eigenvalue weighted by atomic mass is 32.2. The molecule has 2 aromatic carbocycles. The number of rotatable bonds is 11. The van der Waals surface area contributed by atoms with Crippen molar-refractivity contribution in [3.05, 3.63) is 45.5 Å². The largest absolute Gasteiger partial charge is 0.508 e. The lowest BCUT2D eigenvalue weighted by Crippen LogP contribution is -2.58. The number of hydrogen-bond acceptors (Lipinski definition) is 20. The molecule has 0 saturated carbocycles.